The summed E-state index contributed by atoms with van der Waals surface area (Å²) in [4.78, 5) is 38.5. The fraction of sp³-hybridized carbons (Fsp3) is 0.286. The molecule has 0 aromatic heterocycles. The topological polar surface area (TPSA) is 84.9 Å². The van der Waals surface area contributed by atoms with E-state index in [1.807, 2.05) is 0 Å². The Kier molecular flexibility index (Phi) is 4.41. The van der Waals surface area contributed by atoms with Gasteiger partial charge in [-0.25, -0.2) is 0 Å². The highest BCUT2D eigenvalue weighted by Crippen LogP contribution is 2.47. The number of rotatable bonds is 3. The van der Waals surface area contributed by atoms with Gasteiger partial charge in [0.15, 0.2) is 11.5 Å². The minimum absolute atomic E-state index is 0.132. The maximum atomic E-state index is 12.5. The average molecular weight is 447 g/mol. The van der Waals surface area contributed by atoms with E-state index in [2.05, 4.69) is 5.32 Å². The van der Waals surface area contributed by atoms with Crippen LogP contribution in [0.5, 0.6) is 11.5 Å². The lowest BCUT2D eigenvalue weighted by molar-refractivity contribution is -0.116. The molecule has 30 heavy (non-hydrogen) atoms. The van der Waals surface area contributed by atoms with Crippen molar-refractivity contribution in [1.82, 2.24) is 4.90 Å². The third-order valence-corrected chi connectivity index (χ3v) is 6.22. The molecule has 2 aromatic carbocycles. The quantitative estimate of drug-likeness (QED) is 0.711. The number of hydrogen-bond acceptors (Lipinski definition) is 5. The van der Waals surface area contributed by atoms with Gasteiger partial charge in [0.2, 0.25) is 5.91 Å². The first-order valence-electron chi connectivity index (χ1n) is 9.52. The molecule has 0 bridgehead atoms. The zero-order valence-corrected chi connectivity index (χ0v) is 17.2. The maximum Gasteiger partial charge on any atom is 0.262 e. The molecule has 2 aliphatic heterocycles. The van der Waals surface area contributed by atoms with Gasteiger partial charge < -0.3 is 14.8 Å². The van der Waals surface area contributed by atoms with E-state index in [4.69, 9.17) is 32.7 Å². The van der Waals surface area contributed by atoms with Gasteiger partial charge in [-0.05, 0) is 37.1 Å². The standard InChI is InChI=1S/C21H16Cl2N2O5/c22-14-8-12-13(9-15(14)23)20(28)25(19(12)27)10-18(26)24-11-3-4-16-17(7-11)30-21(29-16)5-1-2-6-21/h3-4,7-9H,1-2,5-6,10H2,(H,24,26). The summed E-state index contributed by atoms with van der Waals surface area (Å²) in [6.07, 6.45) is 3.76. The van der Waals surface area contributed by atoms with E-state index < -0.39 is 30.1 Å². The number of anilines is 1. The first-order chi connectivity index (χ1) is 14.3. The normalized spacial score (nSPS) is 18.3. The number of nitrogens with one attached hydrogen (secondary N) is 1. The molecule has 0 radical (unpaired) electrons. The number of amides is 3. The SMILES string of the molecule is O=C(CN1C(=O)c2cc(Cl)c(Cl)cc2C1=O)Nc1ccc2c(c1)OC1(CCCC1)O2. The summed E-state index contributed by atoms with van der Waals surface area (Å²) < 4.78 is 11.9. The van der Waals surface area contributed by atoms with Crippen LogP contribution in [0, 0.1) is 0 Å². The third kappa shape index (κ3) is 3.09. The number of imide groups is 1. The van der Waals surface area contributed by atoms with Gasteiger partial charge in [0.1, 0.15) is 6.54 Å². The van der Waals surface area contributed by atoms with Crippen LogP contribution in [0.15, 0.2) is 30.3 Å². The highest BCUT2D eigenvalue weighted by molar-refractivity contribution is 6.43. The van der Waals surface area contributed by atoms with E-state index in [-0.39, 0.29) is 21.2 Å². The van der Waals surface area contributed by atoms with Gasteiger partial charge >= 0.3 is 0 Å². The van der Waals surface area contributed by atoms with E-state index in [1.54, 1.807) is 18.2 Å². The molecule has 1 N–H and O–H groups in total. The summed E-state index contributed by atoms with van der Waals surface area (Å²) in [5, 5.41) is 3.03. The van der Waals surface area contributed by atoms with Crippen molar-refractivity contribution in [3.05, 3.63) is 51.5 Å². The van der Waals surface area contributed by atoms with Gasteiger partial charge in [-0.15, -0.1) is 0 Å². The number of carbonyl (C=O) groups excluding carboxylic acids is 3. The second-order valence-electron chi connectivity index (χ2n) is 7.54. The summed E-state index contributed by atoms with van der Waals surface area (Å²) >= 11 is 11.9. The Labute approximate surface area is 181 Å². The van der Waals surface area contributed by atoms with E-state index >= 15 is 0 Å². The van der Waals surface area contributed by atoms with Crippen molar-refractivity contribution in [2.45, 2.75) is 31.5 Å². The second kappa shape index (κ2) is 6.89. The lowest BCUT2D eigenvalue weighted by Crippen LogP contribution is -2.37. The van der Waals surface area contributed by atoms with E-state index in [0.29, 0.717) is 17.2 Å². The van der Waals surface area contributed by atoms with Crippen molar-refractivity contribution < 1.29 is 23.9 Å². The molecule has 1 fully saturated rings. The van der Waals surface area contributed by atoms with Gasteiger partial charge in [-0.2, -0.15) is 0 Å². The maximum absolute atomic E-state index is 12.5. The third-order valence-electron chi connectivity index (χ3n) is 5.50. The van der Waals surface area contributed by atoms with E-state index in [1.165, 1.54) is 12.1 Å². The number of halogens is 2. The Morgan fingerprint density at radius 1 is 0.967 bits per heavy atom. The Morgan fingerprint density at radius 3 is 2.20 bits per heavy atom. The largest absolute Gasteiger partial charge is 0.448 e. The van der Waals surface area contributed by atoms with Crippen LogP contribution in [0.25, 0.3) is 0 Å². The van der Waals surface area contributed by atoms with Crippen molar-refractivity contribution >= 4 is 46.6 Å². The number of benzene rings is 2. The Bertz CT molecular complexity index is 1070. The fourth-order valence-electron chi connectivity index (χ4n) is 4.06. The van der Waals surface area contributed by atoms with Crippen molar-refractivity contribution in [1.29, 1.82) is 0 Å². The lowest BCUT2D eigenvalue weighted by atomic mass is 10.1. The van der Waals surface area contributed by atoms with E-state index in [9.17, 15) is 14.4 Å². The molecule has 154 valence electrons. The Morgan fingerprint density at radius 2 is 1.57 bits per heavy atom. The lowest BCUT2D eigenvalue weighted by Gasteiger charge is -2.21. The van der Waals surface area contributed by atoms with E-state index in [0.717, 1.165) is 30.6 Å². The fourth-order valence-corrected chi connectivity index (χ4v) is 4.39. The number of nitrogens with zero attached hydrogens (tertiary/aromatic N) is 1. The minimum Gasteiger partial charge on any atom is -0.448 e. The highest BCUT2D eigenvalue weighted by Gasteiger charge is 2.44. The van der Waals surface area contributed by atoms with Crippen LogP contribution in [0.2, 0.25) is 10.0 Å². The van der Waals surface area contributed by atoms with Gasteiger partial charge in [-0.3, -0.25) is 19.3 Å². The molecular formula is C21H16Cl2N2O5. The van der Waals surface area contributed by atoms with Gasteiger partial charge in [0.05, 0.1) is 21.2 Å². The first kappa shape index (κ1) is 19.2. The van der Waals surface area contributed by atoms with Crippen LogP contribution in [-0.4, -0.2) is 35.0 Å². The molecule has 3 aliphatic rings. The molecule has 7 nitrogen and oxygen atoms in total. The number of hydrogen-bond donors (Lipinski definition) is 1. The highest BCUT2D eigenvalue weighted by atomic mass is 35.5. The monoisotopic (exact) mass is 446 g/mol. The molecule has 1 aliphatic carbocycles. The van der Waals surface area contributed by atoms with Crippen molar-refractivity contribution in [2.24, 2.45) is 0 Å². The molecule has 0 unspecified atom stereocenters. The summed E-state index contributed by atoms with van der Waals surface area (Å²) in [5.74, 6) is -1.07. The zero-order chi connectivity index (χ0) is 21.0. The molecule has 2 aromatic rings. The molecule has 9 heteroatoms. The van der Waals surface area contributed by atoms with Crippen molar-refractivity contribution in [3.63, 3.8) is 0 Å². The second-order valence-corrected chi connectivity index (χ2v) is 8.35. The van der Waals surface area contributed by atoms with Crippen molar-refractivity contribution in [3.8, 4) is 11.5 Å². The molecule has 5 rings (SSSR count). The predicted octanol–water partition coefficient (Wildman–Crippen LogP) is 4.27. The minimum atomic E-state index is -0.590. The van der Waals surface area contributed by atoms with Crippen LogP contribution in [-0.2, 0) is 4.79 Å². The summed E-state index contributed by atoms with van der Waals surface area (Å²) in [6, 6.07) is 7.80. The molecule has 1 saturated carbocycles. The number of carbonyl (C=O) groups is 3. The Hall–Kier alpha value is -2.77. The molecule has 3 amide bonds. The summed E-state index contributed by atoms with van der Waals surface area (Å²) in [7, 11) is 0. The number of fused-ring (bicyclic) bond motifs is 2. The molecule has 0 atom stereocenters. The van der Waals surface area contributed by atoms with Crippen LogP contribution in [0.3, 0.4) is 0 Å². The van der Waals surface area contributed by atoms with Crippen LogP contribution in [0.1, 0.15) is 46.4 Å². The van der Waals surface area contributed by atoms with Gasteiger partial charge in [0.25, 0.3) is 17.6 Å². The van der Waals surface area contributed by atoms with Crippen LogP contribution < -0.4 is 14.8 Å². The summed E-state index contributed by atoms with van der Waals surface area (Å²) in [6.45, 7) is -0.431. The molecular weight excluding hydrogens is 431 g/mol. The average Bonchev–Trinajstić information content (AvgIpc) is 3.37. The molecule has 2 heterocycles. The summed E-state index contributed by atoms with van der Waals surface area (Å²) in [5.41, 5.74) is 0.749. The molecule has 0 saturated heterocycles. The van der Waals surface area contributed by atoms with Gasteiger partial charge in [0, 0.05) is 24.6 Å². The van der Waals surface area contributed by atoms with Crippen LogP contribution >= 0.6 is 23.2 Å². The van der Waals surface area contributed by atoms with Crippen LogP contribution in [0.4, 0.5) is 5.69 Å². The predicted molar refractivity (Wildman–Crippen MR) is 109 cm³/mol. The van der Waals surface area contributed by atoms with Gasteiger partial charge in [-0.1, -0.05) is 23.2 Å². The first-order valence-corrected chi connectivity index (χ1v) is 10.3. The number of ether oxygens (including phenoxy) is 2. The van der Waals surface area contributed by atoms with Crippen molar-refractivity contribution in [2.75, 3.05) is 11.9 Å². The zero-order valence-electron chi connectivity index (χ0n) is 15.7. The smallest absolute Gasteiger partial charge is 0.262 e. The Balaban J connectivity index is 1.29. The molecule has 1 spiro atoms.